The number of aryl methyl sites for hydroxylation is 3. The van der Waals surface area contributed by atoms with Crippen LogP contribution in [-0.2, 0) is 0 Å². The topological polar surface area (TPSA) is 60.1 Å². The number of hydrogen-bond acceptors (Lipinski definition) is 3. The summed E-state index contributed by atoms with van der Waals surface area (Å²) >= 11 is 0. The fourth-order valence-corrected chi connectivity index (χ4v) is 2.23. The van der Waals surface area contributed by atoms with Crippen molar-refractivity contribution in [3.05, 3.63) is 63.0 Å². The van der Waals surface area contributed by atoms with E-state index in [-0.39, 0.29) is 16.7 Å². The van der Waals surface area contributed by atoms with Gasteiger partial charge in [-0.1, -0.05) is 12.1 Å². The van der Waals surface area contributed by atoms with Crippen LogP contribution in [0.2, 0.25) is 0 Å². The molecule has 0 radical (unpaired) electrons. The molecule has 0 saturated heterocycles. The van der Waals surface area contributed by atoms with Gasteiger partial charge in [0.15, 0.2) is 0 Å². The molecule has 1 atom stereocenters. The lowest BCUT2D eigenvalue weighted by atomic mass is 10.1. The Bertz CT molecular complexity index is 627. The number of aromatic nitrogens is 1. The summed E-state index contributed by atoms with van der Waals surface area (Å²) in [5, 5.41) is 11.0. The predicted molar refractivity (Wildman–Crippen MR) is 79.5 cm³/mol. The number of nitro benzene ring substituents is 1. The molecule has 0 bridgehead atoms. The molecule has 1 aromatic carbocycles. The van der Waals surface area contributed by atoms with Crippen molar-refractivity contribution in [3.8, 4) is 0 Å². The van der Waals surface area contributed by atoms with Gasteiger partial charge in [0.25, 0.3) is 5.69 Å². The molecule has 0 fully saturated rings. The Kier molecular flexibility index (Phi) is 3.79. The number of hydrogen-bond donors (Lipinski definition) is 1. The fourth-order valence-electron chi connectivity index (χ4n) is 2.23. The maximum Gasteiger partial charge on any atom is 0.272 e. The molecule has 0 spiro atoms. The SMILES string of the molecule is Cc1ccc(C(C)Nn2c(C)ccc2C)cc1[N+](=O)[O-]. The molecule has 1 N–H and O–H groups in total. The molecule has 1 aromatic heterocycles. The number of nitrogens with zero attached hydrogens (tertiary/aromatic N) is 2. The molecule has 20 heavy (non-hydrogen) atoms. The van der Waals surface area contributed by atoms with Crippen molar-refractivity contribution in [2.24, 2.45) is 0 Å². The molecular formula is C15H19N3O2. The molecule has 0 aliphatic carbocycles. The summed E-state index contributed by atoms with van der Waals surface area (Å²) in [5.74, 6) is 0. The van der Waals surface area contributed by atoms with Crippen LogP contribution >= 0.6 is 0 Å². The van der Waals surface area contributed by atoms with Gasteiger partial charge in [0.05, 0.1) is 11.0 Å². The highest BCUT2D eigenvalue weighted by atomic mass is 16.6. The van der Waals surface area contributed by atoms with Crippen LogP contribution in [0.5, 0.6) is 0 Å². The third-order valence-electron chi connectivity index (χ3n) is 3.52. The lowest BCUT2D eigenvalue weighted by Crippen LogP contribution is -2.21. The van der Waals surface area contributed by atoms with Crippen LogP contribution in [0, 0.1) is 30.9 Å². The zero-order chi connectivity index (χ0) is 14.9. The molecule has 0 amide bonds. The van der Waals surface area contributed by atoms with Gasteiger partial charge in [-0.15, -0.1) is 0 Å². The monoisotopic (exact) mass is 273 g/mol. The molecule has 1 heterocycles. The second-order valence-electron chi connectivity index (χ2n) is 5.11. The molecule has 2 aromatic rings. The van der Waals surface area contributed by atoms with E-state index in [1.165, 1.54) is 0 Å². The van der Waals surface area contributed by atoms with E-state index in [1.807, 2.05) is 43.6 Å². The first-order valence-corrected chi connectivity index (χ1v) is 6.56. The molecule has 0 saturated carbocycles. The zero-order valence-electron chi connectivity index (χ0n) is 12.2. The average Bonchev–Trinajstić information content (AvgIpc) is 2.70. The second-order valence-corrected chi connectivity index (χ2v) is 5.11. The molecule has 0 aliphatic rings. The Morgan fingerprint density at radius 2 is 1.75 bits per heavy atom. The second kappa shape index (κ2) is 5.36. The number of nitrogens with one attached hydrogen (secondary N) is 1. The molecule has 1 unspecified atom stereocenters. The van der Waals surface area contributed by atoms with E-state index in [0.29, 0.717) is 5.56 Å². The largest absolute Gasteiger partial charge is 0.319 e. The van der Waals surface area contributed by atoms with Gasteiger partial charge in [-0.3, -0.25) is 14.8 Å². The van der Waals surface area contributed by atoms with Gasteiger partial charge in [0.2, 0.25) is 0 Å². The molecule has 0 aliphatic heterocycles. The van der Waals surface area contributed by atoms with Gasteiger partial charge in [0, 0.05) is 23.0 Å². The van der Waals surface area contributed by atoms with Crippen LogP contribution in [0.25, 0.3) is 0 Å². The summed E-state index contributed by atoms with van der Waals surface area (Å²) in [6.07, 6.45) is 0. The maximum absolute atomic E-state index is 11.0. The van der Waals surface area contributed by atoms with Gasteiger partial charge < -0.3 is 5.43 Å². The van der Waals surface area contributed by atoms with Gasteiger partial charge in [0.1, 0.15) is 0 Å². The van der Waals surface area contributed by atoms with Crippen LogP contribution in [0.4, 0.5) is 5.69 Å². The van der Waals surface area contributed by atoms with Crippen LogP contribution in [-0.4, -0.2) is 9.60 Å². The van der Waals surface area contributed by atoms with Crippen LogP contribution in [0.15, 0.2) is 30.3 Å². The normalized spacial score (nSPS) is 12.2. The van der Waals surface area contributed by atoms with Gasteiger partial charge in [-0.2, -0.15) is 0 Å². The van der Waals surface area contributed by atoms with E-state index < -0.39 is 0 Å². The number of benzene rings is 1. The minimum atomic E-state index is -0.336. The van der Waals surface area contributed by atoms with E-state index in [9.17, 15) is 10.1 Å². The van der Waals surface area contributed by atoms with Crippen molar-refractivity contribution in [1.82, 2.24) is 4.68 Å². The Morgan fingerprint density at radius 1 is 1.15 bits per heavy atom. The third kappa shape index (κ3) is 2.66. The highest BCUT2D eigenvalue weighted by Crippen LogP contribution is 2.24. The first-order chi connectivity index (χ1) is 9.40. The van der Waals surface area contributed by atoms with Crippen molar-refractivity contribution in [3.63, 3.8) is 0 Å². The number of rotatable bonds is 4. The standard InChI is InChI=1S/C15H19N3O2/c1-10-5-8-14(9-15(10)18(19)20)13(4)16-17-11(2)6-7-12(17)3/h5-9,13,16H,1-4H3. The van der Waals surface area contributed by atoms with Crippen LogP contribution in [0.1, 0.15) is 35.5 Å². The zero-order valence-corrected chi connectivity index (χ0v) is 12.2. The first kappa shape index (κ1) is 14.1. The Hall–Kier alpha value is -2.30. The quantitative estimate of drug-likeness (QED) is 0.683. The summed E-state index contributed by atoms with van der Waals surface area (Å²) in [4.78, 5) is 10.7. The summed E-state index contributed by atoms with van der Waals surface area (Å²) < 4.78 is 2.00. The van der Waals surface area contributed by atoms with Crippen molar-refractivity contribution in [2.75, 3.05) is 5.43 Å². The van der Waals surface area contributed by atoms with Gasteiger partial charge >= 0.3 is 0 Å². The summed E-state index contributed by atoms with van der Waals surface area (Å²) in [5.41, 5.74) is 7.31. The van der Waals surface area contributed by atoms with E-state index in [2.05, 4.69) is 5.43 Å². The summed E-state index contributed by atoms with van der Waals surface area (Å²) in [7, 11) is 0. The number of nitro groups is 1. The minimum Gasteiger partial charge on any atom is -0.319 e. The Labute approximate surface area is 118 Å². The van der Waals surface area contributed by atoms with E-state index in [4.69, 9.17) is 0 Å². The van der Waals surface area contributed by atoms with E-state index in [1.54, 1.807) is 19.1 Å². The predicted octanol–water partition coefficient (Wildman–Crippen LogP) is 3.63. The van der Waals surface area contributed by atoms with Crippen molar-refractivity contribution in [2.45, 2.75) is 33.7 Å². The van der Waals surface area contributed by atoms with E-state index >= 15 is 0 Å². The molecule has 5 nitrogen and oxygen atoms in total. The fraction of sp³-hybridized carbons (Fsp3) is 0.333. The van der Waals surface area contributed by atoms with Crippen LogP contribution in [0.3, 0.4) is 0 Å². The average molecular weight is 273 g/mol. The molecule has 5 heteroatoms. The van der Waals surface area contributed by atoms with Crippen molar-refractivity contribution >= 4 is 5.69 Å². The first-order valence-electron chi connectivity index (χ1n) is 6.56. The van der Waals surface area contributed by atoms with Crippen LogP contribution < -0.4 is 5.43 Å². The van der Waals surface area contributed by atoms with Gasteiger partial charge in [-0.05, 0) is 45.4 Å². The summed E-state index contributed by atoms with van der Waals surface area (Å²) in [6, 6.07) is 9.41. The van der Waals surface area contributed by atoms with Crippen molar-refractivity contribution in [1.29, 1.82) is 0 Å². The summed E-state index contributed by atoms with van der Waals surface area (Å²) in [6.45, 7) is 7.78. The Morgan fingerprint density at radius 3 is 2.30 bits per heavy atom. The smallest absolute Gasteiger partial charge is 0.272 e. The Balaban J connectivity index is 2.28. The minimum absolute atomic E-state index is 0.0147. The maximum atomic E-state index is 11.0. The molecule has 106 valence electrons. The van der Waals surface area contributed by atoms with Crippen molar-refractivity contribution < 1.29 is 4.92 Å². The molecule has 2 rings (SSSR count). The van der Waals surface area contributed by atoms with Gasteiger partial charge in [-0.25, -0.2) is 0 Å². The lowest BCUT2D eigenvalue weighted by molar-refractivity contribution is -0.385. The lowest BCUT2D eigenvalue weighted by Gasteiger charge is -2.20. The molecular weight excluding hydrogens is 254 g/mol. The van der Waals surface area contributed by atoms with E-state index in [0.717, 1.165) is 17.0 Å². The highest BCUT2D eigenvalue weighted by Gasteiger charge is 2.15. The highest BCUT2D eigenvalue weighted by molar-refractivity contribution is 5.43. The third-order valence-corrected chi connectivity index (χ3v) is 3.52.